The average molecular weight is 558 g/mol. The van der Waals surface area contributed by atoms with Gasteiger partial charge in [-0.05, 0) is 44.7 Å². The minimum Gasteiger partial charge on any atom is -0.485 e. The van der Waals surface area contributed by atoms with E-state index in [4.69, 9.17) is 4.74 Å². The monoisotopic (exact) mass is 557 g/mol. The standard InChI is InChI=1S/C30H47N5O5/c1-20-17-35(21(2)19-36)28(37)24-15-10-16-25(33-29(38)31-22-11-6-4-7-12-22)27(24)40-26(20)18-34(3)30(39)32-23-13-8-5-9-14-23/h10,15-16,20-23,26,36H,4-9,11-14,17-19H2,1-3H3,(H,32,39)(H2,31,33,38)/t20-,21-,26-/m1/s1. The van der Waals surface area contributed by atoms with Gasteiger partial charge in [0.15, 0.2) is 5.75 Å². The number of fused-ring (bicyclic) bond motifs is 1. The first-order valence-corrected chi connectivity index (χ1v) is 15.1. The van der Waals surface area contributed by atoms with Crippen molar-refractivity contribution in [2.24, 2.45) is 5.92 Å². The van der Waals surface area contributed by atoms with Crippen molar-refractivity contribution in [2.45, 2.75) is 102 Å². The molecule has 0 saturated heterocycles. The van der Waals surface area contributed by atoms with Gasteiger partial charge in [0.25, 0.3) is 5.91 Å². The third-order valence-corrected chi connectivity index (χ3v) is 8.61. The number of para-hydroxylation sites is 1. The fourth-order valence-corrected chi connectivity index (χ4v) is 6.03. The number of ether oxygens (including phenoxy) is 1. The first kappa shape index (κ1) is 30.0. The molecule has 1 aromatic carbocycles. The number of carbonyl (C=O) groups excluding carboxylic acids is 3. The Morgan fingerprint density at radius 2 is 1.68 bits per heavy atom. The normalized spacial score (nSPS) is 23.2. The number of urea groups is 2. The van der Waals surface area contributed by atoms with Gasteiger partial charge in [-0.3, -0.25) is 4.79 Å². The van der Waals surface area contributed by atoms with E-state index in [-0.39, 0.29) is 42.6 Å². The number of nitrogens with one attached hydrogen (secondary N) is 3. The molecule has 4 rings (SSSR count). The highest BCUT2D eigenvalue weighted by molar-refractivity contribution is 6.01. The number of benzene rings is 1. The fraction of sp³-hybridized carbons (Fsp3) is 0.700. The summed E-state index contributed by atoms with van der Waals surface area (Å²) in [5, 5.41) is 19.1. The predicted octanol–water partition coefficient (Wildman–Crippen LogP) is 4.34. The van der Waals surface area contributed by atoms with E-state index in [1.54, 1.807) is 35.0 Å². The minimum atomic E-state index is -0.452. The Labute approximate surface area is 238 Å². The summed E-state index contributed by atoms with van der Waals surface area (Å²) in [6.07, 6.45) is 10.3. The molecule has 0 aromatic heterocycles. The van der Waals surface area contributed by atoms with Crippen molar-refractivity contribution in [3.63, 3.8) is 0 Å². The van der Waals surface area contributed by atoms with Crippen LogP contribution in [-0.2, 0) is 0 Å². The Kier molecular flexibility index (Phi) is 10.5. The summed E-state index contributed by atoms with van der Waals surface area (Å²) in [4.78, 5) is 43.0. The number of nitrogens with zero attached hydrogens (tertiary/aromatic N) is 2. The van der Waals surface area contributed by atoms with Crippen LogP contribution < -0.4 is 20.7 Å². The Balaban J connectivity index is 1.56. The summed E-state index contributed by atoms with van der Waals surface area (Å²) < 4.78 is 6.54. The first-order valence-electron chi connectivity index (χ1n) is 15.1. The van der Waals surface area contributed by atoms with E-state index in [9.17, 15) is 19.5 Å². The van der Waals surface area contributed by atoms with Crippen LogP contribution in [-0.4, -0.2) is 83.8 Å². The number of aliphatic hydroxyl groups is 1. The second kappa shape index (κ2) is 14.1. The molecule has 0 spiro atoms. The van der Waals surface area contributed by atoms with Crippen molar-refractivity contribution in [2.75, 3.05) is 32.1 Å². The zero-order chi connectivity index (χ0) is 28.6. The van der Waals surface area contributed by atoms with Crippen molar-refractivity contribution in [3.8, 4) is 5.75 Å². The molecule has 0 unspecified atom stereocenters. The molecule has 3 atom stereocenters. The Hall–Kier alpha value is -3.01. The molecule has 0 radical (unpaired) electrons. The van der Waals surface area contributed by atoms with Gasteiger partial charge in [-0.1, -0.05) is 51.5 Å². The van der Waals surface area contributed by atoms with Gasteiger partial charge in [0.05, 0.1) is 30.4 Å². The van der Waals surface area contributed by atoms with Crippen LogP contribution in [0.5, 0.6) is 5.75 Å². The summed E-state index contributed by atoms with van der Waals surface area (Å²) in [5.41, 5.74) is 0.728. The highest BCUT2D eigenvalue weighted by Crippen LogP contribution is 2.35. The third kappa shape index (κ3) is 7.59. The summed E-state index contributed by atoms with van der Waals surface area (Å²) in [6.45, 7) is 4.29. The van der Waals surface area contributed by atoms with Gasteiger partial charge in [0.2, 0.25) is 0 Å². The van der Waals surface area contributed by atoms with Crippen LogP contribution in [0.2, 0.25) is 0 Å². The van der Waals surface area contributed by atoms with Crippen molar-refractivity contribution >= 4 is 23.7 Å². The lowest BCUT2D eigenvalue weighted by molar-refractivity contribution is 0.0368. The maximum Gasteiger partial charge on any atom is 0.319 e. The summed E-state index contributed by atoms with van der Waals surface area (Å²) in [5.74, 6) is -0.124. The maximum atomic E-state index is 13.7. The van der Waals surface area contributed by atoms with E-state index >= 15 is 0 Å². The number of anilines is 1. The number of amides is 5. The van der Waals surface area contributed by atoms with Crippen LogP contribution in [0, 0.1) is 5.92 Å². The molecule has 1 aromatic rings. The van der Waals surface area contributed by atoms with E-state index in [2.05, 4.69) is 16.0 Å². The maximum absolute atomic E-state index is 13.7. The van der Waals surface area contributed by atoms with Crippen LogP contribution in [0.4, 0.5) is 15.3 Å². The van der Waals surface area contributed by atoms with Gasteiger partial charge in [-0.15, -0.1) is 0 Å². The molecule has 2 fully saturated rings. The summed E-state index contributed by atoms with van der Waals surface area (Å²) >= 11 is 0. The smallest absolute Gasteiger partial charge is 0.319 e. The number of hydrogen-bond donors (Lipinski definition) is 4. The molecular weight excluding hydrogens is 510 g/mol. The van der Waals surface area contributed by atoms with Crippen LogP contribution in [0.25, 0.3) is 0 Å². The quantitative estimate of drug-likeness (QED) is 0.397. The summed E-state index contributed by atoms with van der Waals surface area (Å²) in [7, 11) is 1.76. The SMILES string of the molecule is C[C@@H]1CN([C@H](C)CO)C(=O)c2cccc(NC(=O)NC3CCCCC3)c2O[C@@H]1CN(C)C(=O)NC1CCCCC1. The third-order valence-electron chi connectivity index (χ3n) is 8.61. The number of aliphatic hydroxyl groups excluding tert-OH is 1. The van der Waals surface area contributed by atoms with Crippen LogP contribution >= 0.6 is 0 Å². The lowest BCUT2D eigenvalue weighted by Crippen LogP contribution is -2.52. The molecule has 2 saturated carbocycles. The topological polar surface area (TPSA) is 123 Å². The molecule has 10 heteroatoms. The van der Waals surface area contributed by atoms with Gasteiger partial charge in [-0.2, -0.15) is 0 Å². The van der Waals surface area contributed by atoms with Crippen molar-refractivity contribution in [3.05, 3.63) is 23.8 Å². The van der Waals surface area contributed by atoms with Gasteiger partial charge in [-0.25, -0.2) is 9.59 Å². The van der Waals surface area contributed by atoms with E-state index in [0.717, 1.165) is 51.4 Å². The van der Waals surface area contributed by atoms with Crippen LogP contribution in [0.3, 0.4) is 0 Å². The zero-order valence-electron chi connectivity index (χ0n) is 24.3. The van der Waals surface area contributed by atoms with Crippen molar-refractivity contribution in [1.82, 2.24) is 20.4 Å². The Bertz CT molecular complexity index is 1020. The minimum absolute atomic E-state index is 0.131. The predicted molar refractivity (Wildman–Crippen MR) is 155 cm³/mol. The lowest BCUT2D eigenvalue weighted by atomic mass is 9.95. The molecule has 0 bridgehead atoms. The number of likely N-dealkylation sites (N-methyl/N-ethyl adjacent to an activating group) is 1. The molecule has 1 heterocycles. The van der Waals surface area contributed by atoms with E-state index in [1.807, 2.05) is 13.8 Å². The molecular formula is C30H47N5O5. The van der Waals surface area contributed by atoms with Gasteiger partial charge < -0.3 is 35.6 Å². The number of rotatable bonds is 7. The molecule has 40 heavy (non-hydrogen) atoms. The van der Waals surface area contributed by atoms with Crippen LogP contribution in [0.15, 0.2) is 18.2 Å². The lowest BCUT2D eigenvalue weighted by Gasteiger charge is -2.38. The largest absolute Gasteiger partial charge is 0.485 e. The van der Waals surface area contributed by atoms with E-state index in [0.29, 0.717) is 30.1 Å². The van der Waals surface area contributed by atoms with E-state index in [1.165, 1.54) is 12.8 Å². The van der Waals surface area contributed by atoms with Gasteiger partial charge in [0.1, 0.15) is 6.10 Å². The fourth-order valence-electron chi connectivity index (χ4n) is 6.03. The highest BCUT2D eigenvalue weighted by Gasteiger charge is 2.35. The van der Waals surface area contributed by atoms with Crippen molar-refractivity contribution < 1.29 is 24.2 Å². The first-order chi connectivity index (χ1) is 19.3. The molecule has 5 amide bonds. The second-order valence-corrected chi connectivity index (χ2v) is 11.9. The number of carbonyl (C=O) groups is 3. The Morgan fingerprint density at radius 1 is 1.05 bits per heavy atom. The molecule has 1 aliphatic heterocycles. The van der Waals surface area contributed by atoms with Gasteiger partial charge in [0, 0.05) is 31.6 Å². The molecule has 222 valence electrons. The second-order valence-electron chi connectivity index (χ2n) is 11.9. The van der Waals surface area contributed by atoms with Gasteiger partial charge >= 0.3 is 12.1 Å². The molecule has 2 aliphatic carbocycles. The molecule has 3 aliphatic rings. The highest BCUT2D eigenvalue weighted by atomic mass is 16.5. The van der Waals surface area contributed by atoms with Crippen molar-refractivity contribution in [1.29, 1.82) is 0 Å². The van der Waals surface area contributed by atoms with Crippen LogP contribution in [0.1, 0.15) is 88.4 Å². The van der Waals surface area contributed by atoms with E-state index < -0.39 is 12.1 Å². The summed E-state index contributed by atoms with van der Waals surface area (Å²) in [6, 6.07) is 4.60. The zero-order valence-corrected chi connectivity index (χ0v) is 24.3. The number of hydrogen-bond acceptors (Lipinski definition) is 5. The molecule has 10 nitrogen and oxygen atoms in total. The molecule has 4 N–H and O–H groups in total. The average Bonchev–Trinajstić information content (AvgIpc) is 2.95. The Morgan fingerprint density at radius 3 is 2.30 bits per heavy atom.